The van der Waals surface area contributed by atoms with Crippen LogP contribution in [0.2, 0.25) is 5.02 Å². The van der Waals surface area contributed by atoms with Gasteiger partial charge in [-0.2, -0.15) is 0 Å². The molecular weight excluding hydrogens is 458 g/mol. The molecule has 3 aromatic carbocycles. The molecule has 0 amide bonds. The zero-order valence-corrected chi connectivity index (χ0v) is 21.1. The van der Waals surface area contributed by atoms with E-state index in [1.807, 2.05) is 43.3 Å². The van der Waals surface area contributed by atoms with E-state index in [2.05, 4.69) is 41.3 Å². The lowest BCUT2D eigenvalue weighted by Gasteiger charge is -2.33. The van der Waals surface area contributed by atoms with Crippen molar-refractivity contribution in [2.75, 3.05) is 13.2 Å². The number of halogens is 1. The van der Waals surface area contributed by atoms with Gasteiger partial charge in [-0.1, -0.05) is 67.1 Å². The van der Waals surface area contributed by atoms with Crippen molar-refractivity contribution in [3.8, 4) is 5.75 Å². The van der Waals surface area contributed by atoms with E-state index in [4.69, 9.17) is 16.3 Å². The van der Waals surface area contributed by atoms with Gasteiger partial charge >= 0.3 is 0 Å². The van der Waals surface area contributed by atoms with Gasteiger partial charge in [0.1, 0.15) is 12.4 Å². The van der Waals surface area contributed by atoms with Crippen molar-refractivity contribution in [1.82, 2.24) is 4.90 Å². The van der Waals surface area contributed by atoms with Crippen LogP contribution in [0.25, 0.3) is 0 Å². The fourth-order valence-corrected chi connectivity index (χ4v) is 4.99. The molecule has 0 heterocycles. The van der Waals surface area contributed by atoms with Crippen LogP contribution in [0.1, 0.15) is 54.5 Å². The molecule has 1 N–H and O–H groups in total. The van der Waals surface area contributed by atoms with E-state index in [1.54, 1.807) is 0 Å². The summed E-state index contributed by atoms with van der Waals surface area (Å²) in [5, 5.41) is 11.8. The molecule has 4 nitrogen and oxygen atoms in total. The van der Waals surface area contributed by atoms with E-state index in [0.717, 1.165) is 43.5 Å². The third kappa shape index (κ3) is 7.17. The number of rotatable bonds is 10. The molecule has 0 spiro atoms. The summed E-state index contributed by atoms with van der Waals surface area (Å²) in [6, 6.07) is 24.4. The first-order valence-electron chi connectivity index (χ1n) is 12.5. The molecule has 0 aliphatic heterocycles. The van der Waals surface area contributed by atoms with Crippen molar-refractivity contribution >= 4 is 17.4 Å². The van der Waals surface area contributed by atoms with Gasteiger partial charge in [0, 0.05) is 30.6 Å². The molecule has 0 saturated carbocycles. The van der Waals surface area contributed by atoms with Gasteiger partial charge in [0.25, 0.3) is 0 Å². The Balaban J connectivity index is 1.56. The number of Topliss-reactive ketones (excluding diaryl/α,β-unsaturated/α-hetero) is 1. The molecule has 5 heteroatoms. The highest BCUT2D eigenvalue weighted by Crippen LogP contribution is 2.29. The van der Waals surface area contributed by atoms with Gasteiger partial charge in [-0.05, 0) is 72.2 Å². The summed E-state index contributed by atoms with van der Waals surface area (Å²) in [7, 11) is 0. The highest BCUT2D eigenvalue weighted by Gasteiger charge is 2.26. The topological polar surface area (TPSA) is 49.8 Å². The Kier molecular flexibility index (Phi) is 8.97. The number of hydrogen-bond acceptors (Lipinski definition) is 4. The van der Waals surface area contributed by atoms with Crippen LogP contribution in [0.4, 0.5) is 0 Å². The third-order valence-corrected chi connectivity index (χ3v) is 7.03. The minimum atomic E-state index is -0.630. The number of aliphatic hydroxyl groups excluding tert-OH is 1. The number of ether oxygens (including phenoxy) is 1. The Labute approximate surface area is 213 Å². The lowest BCUT2D eigenvalue weighted by Crippen LogP contribution is -2.39. The van der Waals surface area contributed by atoms with Crippen LogP contribution in [0, 0.1) is 0 Å². The molecule has 4 rings (SSSR count). The molecule has 2 atom stereocenters. The first-order chi connectivity index (χ1) is 17.0. The largest absolute Gasteiger partial charge is 0.486 e. The Morgan fingerprint density at radius 2 is 1.91 bits per heavy atom. The number of carbonyl (C=O) groups excluding carboxylic acids is 1. The number of nitrogens with zero attached hydrogens (tertiary/aromatic N) is 1. The van der Waals surface area contributed by atoms with Crippen LogP contribution in [0.15, 0.2) is 72.8 Å². The van der Waals surface area contributed by atoms with Gasteiger partial charge < -0.3 is 9.84 Å². The van der Waals surface area contributed by atoms with E-state index in [-0.39, 0.29) is 18.4 Å². The van der Waals surface area contributed by atoms with Gasteiger partial charge in [0.15, 0.2) is 5.78 Å². The third-order valence-electron chi connectivity index (χ3n) is 6.80. The Morgan fingerprint density at radius 1 is 1.09 bits per heavy atom. The van der Waals surface area contributed by atoms with E-state index in [9.17, 15) is 9.90 Å². The SMILES string of the molecule is CCC(=O)COc1ccc2c(c1)CC(N(Cc1ccccc1)C[C@H](O)c1cccc(Cl)c1)CCC2. The molecule has 0 radical (unpaired) electrons. The lowest BCUT2D eigenvalue weighted by atomic mass is 9.99. The molecular formula is C30H34ClNO3. The minimum absolute atomic E-state index is 0.0989. The molecule has 35 heavy (non-hydrogen) atoms. The minimum Gasteiger partial charge on any atom is -0.486 e. The number of hydrogen-bond donors (Lipinski definition) is 1. The molecule has 0 fully saturated rings. The first-order valence-corrected chi connectivity index (χ1v) is 12.9. The highest BCUT2D eigenvalue weighted by atomic mass is 35.5. The molecule has 0 aromatic heterocycles. The molecule has 0 saturated heterocycles. The number of carbonyl (C=O) groups is 1. The number of ketones is 1. The monoisotopic (exact) mass is 491 g/mol. The van der Waals surface area contributed by atoms with Crippen molar-refractivity contribution in [1.29, 1.82) is 0 Å². The maximum absolute atomic E-state index is 11.7. The van der Waals surface area contributed by atoms with Crippen LogP contribution < -0.4 is 4.74 Å². The summed E-state index contributed by atoms with van der Waals surface area (Å²) in [6.45, 7) is 3.26. The van der Waals surface area contributed by atoms with Crippen LogP contribution in [0.3, 0.4) is 0 Å². The highest BCUT2D eigenvalue weighted by molar-refractivity contribution is 6.30. The molecule has 184 valence electrons. The molecule has 1 aliphatic rings. The zero-order valence-electron chi connectivity index (χ0n) is 20.3. The summed E-state index contributed by atoms with van der Waals surface area (Å²) >= 11 is 6.19. The Bertz CT molecular complexity index is 1120. The number of aliphatic hydroxyl groups is 1. The van der Waals surface area contributed by atoms with Crippen LogP contribution >= 0.6 is 11.6 Å². The Morgan fingerprint density at radius 3 is 2.69 bits per heavy atom. The van der Waals surface area contributed by atoms with Crippen molar-refractivity contribution in [2.45, 2.75) is 57.7 Å². The zero-order chi connectivity index (χ0) is 24.6. The fraction of sp³-hybridized carbons (Fsp3) is 0.367. The molecule has 1 aliphatic carbocycles. The van der Waals surface area contributed by atoms with Crippen molar-refractivity contribution < 1.29 is 14.6 Å². The number of fused-ring (bicyclic) bond motifs is 1. The van der Waals surface area contributed by atoms with Crippen LogP contribution in [0.5, 0.6) is 5.75 Å². The second-order valence-electron chi connectivity index (χ2n) is 9.35. The lowest BCUT2D eigenvalue weighted by molar-refractivity contribution is -0.120. The van der Waals surface area contributed by atoms with E-state index < -0.39 is 6.10 Å². The summed E-state index contributed by atoms with van der Waals surface area (Å²) in [6.07, 6.45) is 3.89. The molecule has 3 aromatic rings. The van der Waals surface area contributed by atoms with Gasteiger partial charge in [-0.25, -0.2) is 0 Å². The maximum Gasteiger partial charge on any atom is 0.169 e. The molecule has 1 unspecified atom stereocenters. The molecule has 0 bridgehead atoms. The van der Waals surface area contributed by atoms with Crippen molar-refractivity contribution in [3.05, 3.63) is 100 Å². The van der Waals surface area contributed by atoms with Gasteiger partial charge in [0.05, 0.1) is 6.10 Å². The van der Waals surface area contributed by atoms with Crippen LogP contribution in [-0.2, 0) is 24.2 Å². The van der Waals surface area contributed by atoms with Gasteiger partial charge in [0.2, 0.25) is 0 Å². The number of aryl methyl sites for hydroxylation is 1. The van der Waals surface area contributed by atoms with E-state index >= 15 is 0 Å². The predicted molar refractivity (Wildman–Crippen MR) is 141 cm³/mol. The van der Waals surface area contributed by atoms with E-state index in [1.165, 1.54) is 16.7 Å². The summed E-state index contributed by atoms with van der Waals surface area (Å²) < 4.78 is 5.77. The quantitative estimate of drug-likeness (QED) is 0.344. The average molecular weight is 492 g/mol. The standard InChI is InChI=1S/C30H34ClNO3/c1-2-28(33)21-35-29-15-14-23-10-7-13-27(17-25(23)18-29)32(19-22-8-4-3-5-9-22)20-30(34)24-11-6-12-26(31)16-24/h3-6,8-9,11-12,14-16,18,27,30,34H,2,7,10,13,17,19-21H2,1H3/t27?,30-/m0/s1. The predicted octanol–water partition coefficient (Wildman–Crippen LogP) is 6.18. The first kappa shape index (κ1) is 25.4. The average Bonchev–Trinajstić information content (AvgIpc) is 3.09. The summed E-state index contributed by atoms with van der Waals surface area (Å²) in [5.74, 6) is 0.849. The van der Waals surface area contributed by atoms with Gasteiger partial charge in [-0.15, -0.1) is 0 Å². The summed E-state index contributed by atoms with van der Waals surface area (Å²) in [5.41, 5.74) is 4.67. The smallest absolute Gasteiger partial charge is 0.169 e. The number of benzene rings is 3. The van der Waals surface area contributed by atoms with E-state index in [0.29, 0.717) is 18.0 Å². The Hall–Kier alpha value is -2.66. The van der Waals surface area contributed by atoms with Gasteiger partial charge in [-0.3, -0.25) is 9.69 Å². The van der Waals surface area contributed by atoms with Crippen molar-refractivity contribution in [3.63, 3.8) is 0 Å². The van der Waals surface area contributed by atoms with Crippen LogP contribution in [-0.4, -0.2) is 35.0 Å². The summed E-state index contributed by atoms with van der Waals surface area (Å²) in [4.78, 5) is 14.1. The van der Waals surface area contributed by atoms with Crippen molar-refractivity contribution in [2.24, 2.45) is 0 Å². The maximum atomic E-state index is 11.7. The second kappa shape index (κ2) is 12.3. The normalized spacial score (nSPS) is 16.4. The fourth-order valence-electron chi connectivity index (χ4n) is 4.79. The second-order valence-corrected chi connectivity index (χ2v) is 9.78.